The van der Waals surface area contributed by atoms with Gasteiger partial charge in [-0.25, -0.2) is 4.79 Å². The van der Waals surface area contributed by atoms with E-state index >= 15 is 0 Å². The molecule has 1 amide bonds. The number of hydrogen-bond donors (Lipinski definition) is 2. The Morgan fingerprint density at radius 3 is 2.50 bits per heavy atom. The van der Waals surface area contributed by atoms with Gasteiger partial charge >= 0.3 is 5.97 Å². The predicted molar refractivity (Wildman–Crippen MR) is 81.5 cm³/mol. The van der Waals surface area contributed by atoms with E-state index in [1.807, 2.05) is 38.1 Å². The van der Waals surface area contributed by atoms with Gasteiger partial charge in [-0.2, -0.15) is 0 Å². The molecule has 0 radical (unpaired) electrons. The molecule has 2 N–H and O–H groups in total. The number of amides is 1. The average Bonchev–Trinajstić information content (AvgIpc) is 2.36. The summed E-state index contributed by atoms with van der Waals surface area (Å²) in [5.74, 6) is -0.985. The smallest absolute Gasteiger partial charge is 0.326 e. The number of rotatable bonds is 7. The Bertz CT molecular complexity index is 474. The van der Waals surface area contributed by atoms with Gasteiger partial charge in [0.2, 0.25) is 5.91 Å². The molecular weight excluding hydrogens is 322 g/mol. The molecule has 4 nitrogen and oxygen atoms in total. The summed E-state index contributed by atoms with van der Waals surface area (Å²) in [6.45, 7) is 3.87. The molecular formula is C15H20BrNO3. The number of nitrogens with one attached hydrogen (secondary N) is 1. The first-order valence-corrected chi connectivity index (χ1v) is 7.45. The third kappa shape index (κ3) is 5.74. The van der Waals surface area contributed by atoms with E-state index in [1.165, 1.54) is 0 Å². The second kappa shape index (κ2) is 8.04. The van der Waals surface area contributed by atoms with Gasteiger partial charge in [-0.15, -0.1) is 0 Å². The van der Waals surface area contributed by atoms with E-state index in [9.17, 15) is 9.59 Å². The van der Waals surface area contributed by atoms with E-state index in [0.29, 0.717) is 12.8 Å². The highest BCUT2D eigenvalue weighted by molar-refractivity contribution is 9.10. The van der Waals surface area contributed by atoms with Crippen LogP contribution in [-0.2, 0) is 16.0 Å². The normalized spacial score (nSPS) is 12.2. The quantitative estimate of drug-likeness (QED) is 0.801. The van der Waals surface area contributed by atoms with Crippen molar-refractivity contribution in [2.45, 2.75) is 39.2 Å². The molecule has 0 fully saturated rings. The maximum Gasteiger partial charge on any atom is 0.326 e. The average molecular weight is 342 g/mol. The van der Waals surface area contributed by atoms with Crippen LogP contribution in [-0.4, -0.2) is 23.0 Å². The summed E-state index contributed by atoms with van der Waals surface area (Å²) >= 11 is 3.43. The molecule has 1 unspecified atom stereocenters. The first-order chi connectivity index (χ1) is 9.40. The van der Waals surface area contributed by atoms with Crippen LogP contribution in [0.5, 0.6) is 0 Å². The third-order valence-corrected chi connectivity index (χ3v) is 3.69. The van der Waals surface area contributed by atoms with Crippen molar-refractivity contribution in [1.29, 1.82) is 0 Å². The largest absolute Gasteiger partial charge is 0.480 e. The summed E-state index contributed by atoms with van der Waals surface area (Å²) in [4.78, 5) is 22.9. The van der Waals surface area contributed by atoms with Crippen molar-refractivity contribution in [2.75, 3.05) is 0 Å². The molecule has 1 aromatic carbocycles. The van der Waals surface area contributed by atoms with Crippen molar-refractivity contribution in [2.24, 2.45) is 5.92 Å². The second-order valence-corrected chi connectivity index (χ2v) is 6.03. The van der Waals surface area contributed by atoms with E-state index < -0.39 is 12.0 Å². The van der Waals surface area contributed by atoms with E-state index in [2.05, 4.69) is 21.2 Å². The summed E-state index contributed by atoms with van der Waals surface area (Å²) in [6, 6.07) is 6.89. The van der Waals surface area contributed by atoms with Crippen LogP contribution in [0.2, 0.25) is 0 Å². The highest BCUT2D eigenvalue weighted by atomic mass is 79.9. The minimum Gasteiger partial charge on any atom is -0.480 e. The summed E-state index contributed by atoms with van der Waals surface area (Å²) < 4.78 is 0.963. The summed E-state index contributed by atoms with van der Waals surface area (Å²) in [7, 11) is 0. The van der Waals surface area contributed by atoms with Crippen LogP contribution in [0.1, 0.15) is 32.3 Å². The van der Waals surface area contributed by atoms with Crippen LogP contribution in [0.4, 0.5) is 0 Å². The lowest BCUT2D eigenvalue weighted by atomic mass is 10.0. The number of carboxylic acids is 1. The van der Waals surface area contributed by atoms with Gasteiger partial charge in [0, 0.05) is 10.9 Å². The van der Waals surface area contributed by atoms with E-state index in [1.54, 1.807) is 0 Å². The summed E-state index contributed by atoms with van der Waals surface area (Å²) in [6.07, 6.45) is 1.31. The van der Waals surface area contributed by atoms with Gasteiger partial charge in [-0.05, 0) is 30.4 Å². The molecule has 1 aromatic rings. The Morgan fingerprint density at radius 2 is 1.95 bits per heavy atom. The molecule has 0 saturated carbocycles. The zero-order valence-electron chi connectivity index (χ0n) is 11.7. The van der Waals surface area contributed by atoms with Crippen molar-refractivity contribution in [1.82, 2.24) is 5.32 Å². The zero-order valence-corrected chi connectivity index (χ0v) is 13.3. The Labute approximate surface area is 127 Å². The van der Waals surface area contributed by atoms with Gasteiger partial charge in [0.25, 0.3) is 0 Å². The molecule has 0 aliphatic heterocycles. The number of hydrogen-bond acceptors (Lipinski definition) is 2. The highest BCUT2D eigenvalue weighted by Crippen LogP contribution is 2.17. The van der Waals surface area contributed by atoms with Crippen LogP contribution in [0, 0.1) is 5.92 Å². The molecule has 0 spiro atoms. The Kier molecular flexibility index (Phi) is 6.71. The second-order valence-electron chi connectivity index (χ2n) is 5.18. The van der Waals surface area contributed by atoms with E-state index in [-0.39, 0.29) is 18.2 Å². The predicted octanol–water partition coefficient (Wildman–Crippen LogP) is 3.00. The molecule has 0 aliphatic carbocycles. The fourth-order valence-electron chi connectivity index (χ4n) is 1.91. The fraction of sp³-hybridized carbons (Fsp3) is 0.467. The minimum atomic E-state index is -0.979. The number of carbonyl (C=O) groups is 2. The van der Waals surface area contributed by atoms with Gasteiger partial charge in [0.05, 0.1) is 0 Å². The molecule has 0 aliphatic rings. The maximum absolute atomic E-state index is 11.8. The molecule has 110 valence electrons. The van der Waals surface area contributed by atoms with Crippen molar-refractivity contribution in [3.63, 3.8) is 0 Å². The molecule has 0 heterocycles. The standard InChI is InChI=1S/C15H20BrNO3/c1-10(2)9-13(15(19)20)17-14(18)8-7-11-5-3-4-6-12(11)16/h3-6,10,13H,7-9H2,1-2H3,(H,17,18)(H,19,20). The molecule has 0 aromatic heterocycles. The Hall–Kier alpha value is -1.36. The van der Waals surface area contributed by atoms with Crippen LogP contribution < -0.4 is 5.32 Å². The van der Waals surface area contributed by atoms with Gasteiger partial charge in [-0.3, -0.25) is 4.79 Å². The molecule has 0 saturated heterocycles. The van der Waals surface area contributed by atoms with Gasteiger partial charge in [0.15, 0.2) is 0 Å². The minimum absolute atomic E-state index is 0.222. The number of aryl methyl sites for hydroxylation is 1. The lowest BCUT2D eigenvalue weighted by molar-refractivity contribution is -0.142. The molecule has 20 heavy (non-hydrogen) atoms. The topological polar surface area (TPSA) is 66.4 Å². The SMILES string of the molecule is CC(C)CC(NC(=O)CCc1ccccc1Br)C(=O)O. The number of carbonyl (C=O) groups excluding carboxylic acids is 1. The summed E-state index contributed by atoms with van der Waals surface area (Å²) in [5.41, 5.74) is 1.04. The molecule has 1 atom stereocenters. The molecule has 0 bridgehead atoms. The van der Waals surface area contributed by atoms with Gasteiger partial charge in [0.1, 0.15) is 6.04 Å². The fourth-order valence-corrected chi connectivity index (χ4v) is 2.39. The van der Waals surface area contributed by atoms with Crippen molar-refractivity contribution < 1.29 is 14.7 Å². The van der Waals surface area contributed by atoms with Crippen molar-refractivity contribution in [3.8, 4) is 0 Å². The monoisotopic (exact) mass is 341 g/mol. The lowest BCUT2D eigenvalue weighted by Gasteiger charge is -2.16. The van der Waals surface area contributed by atoms with Gasteiger partial charge < -0.3 is 10.4 Å². The highest BCUT2D eigenvalue weighted by Gasteiger charge is 2.20. The maximum atomic E-state index is 11.8. The third-order valence-electron chi connectivity index (χ3n) is 2.92. The first-order valence-electron chi connectivity index (χ1n) is 6.65. The molecule has 1 rings (SSSR count). The Balaban J connectivity index is 2.50. The molecule has 5 heteroatoms. The number of aliphatic carboxylic acids is 1. The lowest BCUT2D eigenvalue weighted by Crippen LogP contribution is -2.41. The number of benzene rings is 1. The van der Waals surface area contributed by atoms with Crippen LogP contribution >= 0.6 is 15.9 Å². The summed E-state index contributed by atoms with van der Waals surface area (Å²) in [5, 5.41) is 11.7. The Morgan fingerprint density at radius 1 is 1.30 bits per heavy atom. The number of halogens is 1. The van der Waals surface area contributed by atoms with Crippen molar-refractivity contribution in [3.05, 3.63) is 34.3 Å². The number of carboxylic acid groups (broad SMARTS) is 1. The first kappa shape index (κ1) is 16.7. The van der Waals surface area contributed by atoms with Crippen LogP contribution in [0.15, 0.2) is 28.7 Å². The van der Waals surface area contributed by atoms with Gasteiger partial charge in [-0.1, -0.05) is 48.0 Å². The zero-order chi connectivity index (χ0) is 15.1. The van der Waals surface area contributed by atoms with E-state index in [0.717, 1.165) is 10.0 Å². The van der Waals surface area contributed by atoms with Crippen LogP contribution in [0.25, 0.3) is 0 Å². The van der Waals surface area contributed by atoms with Crippen molar-refractivity contribution >= 4 is 27.8 Å². The van der Waals surface area contributed by atoms with E-state index in [4.69, 9.17) is 5.11 Å². The van der Waals surface area contributed by atoms with Crippen LogP contribution in [0.3, 0.4) is 0 Å².